The fourth-order valence-corrected chi connectivity index (χ4v) is 4.30. The molecule has 1 saturated carbocycles. The Kier molecular flexibility index (Phi) is 10.2. The highest BCUT2D eigenvalue weighted by Gasteiger charge is 2.33. The smallest absolute Gasteiger partial charge is 0.193 e. The summed E-state index contributed by atoms with van der Waals surface area (Å²) in [6.07, 6.45) is 7.25. The number of rotatable bonds is 7. The van der Waals surface area contributed by atoms with E-state index >= 15 is 0 Å². The number of aliphatic imine (C=N–C) groups is 1. The molecule has 1 aromatic heterocycles. The highest BCUT2D eigenvalue weighted by atomic mass is 127. The van der Waals surface area contributed by atoms with Gasteiger partial charge in [-0.05, 0) is 26.2 Å². The quantitative estimate of drug-likeness (QED) is 0.339. The van der Waals surface area contributed by atoms with Gasteiger partial charge in [0.2, 0.25) is 0 Å². The Labute approximate surface area is 192 Å². The molecule has 1 aliphatic heterocycles. The molecule has 0 bridgehead atoms. The van der Waals surface area contributed by atoms with Gasteiger partial charge in [0.05, 0.1) is 11.3 Å². The van der Waals surface area contributed by atoms with Gasteiger partial charge in [-0.1, -0.05) is 31.3 Å². The van der Waals surface area contributed by atoms with Crippen LogP contribution in [0, 0.1) is 6.92 Å². The number of guanidine groups is 1. The van der Waals surface area contributed by atoms with E-state index in [0.717, 1.165) is 82.6 Å². The van der Waals surface area contributed by atoms with Gasteiger partial charge in [0.15, 0.2) is 5.96 Å². The van der Waals surface area contributed by atoms with E-state index in [0.29, 0.717) is 0 Å². The minimum Gasteiger partial charge on any atom is -0.373 e. The van der Waals surface area contributed by atoms with Crippen LogP contribution in [0.1, 0.15) is 56.9 Å². The Morgan fingerprint density at radius 3 is 2.55 bits per heavy atom. The number of halogens is 1. The Balaban J connectivity index is 0.00000300. The molecule has 2 aliphatic rings. The number of hydrogen-bond donors (Lipinski definition) is 1. The summed E-state index contributed by atoms with van der Waals surface area (Å²) in [5.74, 6) is 1.88. The SMILES string of the molecule is CCCOC1(CNC(=NC)N2CCN(Cc3cc(C)on3)CC2)CCCCC1.I. The number of piperazine rings is 1. The standard InChI is InChI=1S/C21H37N5O2.HI/c1-4-14-27-21(8-6-5-7-9-21)17-23-20(22-3)26-12-10-25(11-13-26)16-19-15-18(2)28-24-19;/h15H,4-14,16-17H2,1-3H3,(H,22,23);1H. The molecule has 2 heterocycles. The summed E-state index contributed by atoms with van der Waals surface area (Å²) >= 11 is 0. The maximum atomic E-state index is 6.33. The van der Waals surface area contributed by atoms with Crippen LogP contribution in [0.5, 0.6) is 0 Å². The van der Waals surface area contributed by atoms with Gasteiger partial charge in [-0.15, -0.1) is 24.0 Å². The molecule has 8 heteroatoms. The molecule has 0 spiro atoms. The molecule has 29 heavy (non-hydrogen) atoms. The molecule has 0 atom stereocenters. The van der Waals surface area contributed by atoms with Crippen molar-refractivity contribution in [2.45, 2.75) is 64.5 Å². The van der Waals surface area contributed by atoms with Gasteiger partial charge in [-0.2, -0.15) is 0 Å². The van der Waals surface area contributed by atoms with Crippen molar-refractivity contribution in [2.75, 3.05) is 46.4 Å². The molecule has 0 radical (unpaired) electrons. The van der Waals surface area contributed by atoms with E-state index in [1.54, 1.807) is 0 Å². The molecule has 7 nitrogen and oxygen atoms in total. The molecule has 0 amide bonds. The second-order valence-electron chi connectivity index (χ2n) is 8.18. The third-order valence-electron chi connectivity index (χ3n) is 5.89. The van der Waals surface area contributed by atoms with Crippen LogP contribution in [0.4, 0.5) is 0 Å². The number of hydrogen-bond acceptors (Lipinski definition) is 5. The number of nitrogens with zero attached hydrogens (tertiary/aromatic N) is 4. The monoisotopic (exact) mass is 519 g/mol. The molecule has 1 aliphatic carbocycles. The Hall–Kier alpha value is -0.870. The van der Waals surface area contributed by atoms with Crippen LogP contribution in [0.15, 0.2) is 15.6 Å². The maximum Gasteiger partial charge on any atom is 0.193 e. The molecule has 166 valence electrons. The first-order chi connectivity index (χ1) is 13.6. The molecule has 1 N–H and O–H groups in total. The van der Waals surface area contributed by atoms with Gasteiger partial charge in [0.1, 0.15) is 5.76 Å². The number of nitrogens with one attached hydrogen (secondary N) is 1. The zero-order chi connectivity index (χ0) is 19.8. The summed E-state index contributed by atoms with van der Waals surface area (Å²) < 4.78 is 11.5. The summed E-state index contributed by atoms with van der Waals surface area (Å²) in [4.78, 5) is 9.34. The topological polar surface area (TPSA) is 66.1 Å². The molecule has 1 aromatic rings. The van der Waals surface area contributed by atoms with Gasteiger partial charge in [0, 0.05) is 59.0 Å². The molecule has 0 aromatic carbocycles. The molecule has 1 saturated heterocycles. The second kappa shape index (κ2) is 12.1. The summed E-state index contributed by atoms with van der Waals surface area (Å²) in [6.45, 7) is 10.6. The third kappa shape index (κ3) is 7.10. The Morgan fingerprint density at radius 1 is 1.24 bits per heavy atom. The first kappa shape index (κ1) is 24.4. The summed E-state index contributed by atoms with van der Waals surface area (Å²) in [6, 6.07) is 2.02. The normalized spacial score (nSPS) is 20.4. The van der Waals surface area contributed by atoms with E-state index in [9.17, 15) is 0 Å². The minimum atomic E-state index is -0.0170. The van der Waals surface area contributed by atoms with Gasteiger partial charge < -0.3 is 19.5 Å². The van der Waals surface area contributed by atoms with Crippen molar-refractivity contribution < 1.29 is 9.26 Å². The molecule has 0 unspecified atom stereocenters. The Morgan fingerprint density at radius 2 is 1.97 bits per heavy atom. The number of ether oxygens (including phenoxy) is 1. The second-order valence-corrected chi connectivity index (χ2v) is 8.18. The maximum absolute atomic E-state index is 6.33. The lowest BCUT2D eigenvalue weighted by Gasteiger charge is -2.40. The van der Waals surface area contributed by atoms with Gasteiger partial charge in [0.25, 0.3) is 0 Å². The fourth-order valence-electron chi connectivity index (χ4n) is 4.30. The largest absolute Gasteiger partial charge is 0.373 e. The van der Waals surface area contributed by atoms with Crippen molar-refractivity contribution in [2.24, 2.45) is 4.99 Å². The van der Waals surface area contributed by atoms with Crippen LogP contribution in [-0.2, 0) is 11.3 Å². The van der Waals surface area contributed by atoms with E-state index in [4.69, 9.17) is 9.26 Å². The van der Waals surface area contributed by atoms with E-state index in [1.165, 1.54) is 19.3 Å². The highest BCUT2D eigenvalue weighted by Crippen LogP contribution is 2.31. The molecule has 2 fully saturated rings. The van der Waals surface area contributed by atoms with Gasteiger partial charge in [-0.25, -0.2) is 0 Å². The summed E-state index contributed by atoms with van der Waals surface area (Å²) in [5.41, 5.74) is 0.998. The molecular formula is C21H38IN5O2. The van der Waals surface area contributed by atoms with Crippen molar-refractivity contribution in [3.63, 3.8) is 0 Å². The lowest BCUT2D eigenvalue weighted by molar-refractivity contribution is -0.0660. The van der Waals surface area contributed by atoms with Crippen LogP contribution in [0.3, 0.4) is 0 Å². The van der Waals surface area contributed by atoms with E-state index in [2.05, 4.69) is 32.2 Å². The lowest BCUT2D eigenvalue weighted by Crippen LogP contribution is -2.55. The molecule has 3 rings (SSSR count). The van der Waals surface area contributed by atoms with E-state index in [-0.39, 0.29) is 29.6 Å². The fraction of sp³-hybridized carbons (Fsp3) is 0.810. The van der Waals surface area contributed by atoms with E-state index < -0.39 is 0 Å². The summed E-state index contributed by atoms with van der Waals surface area (Å²) in [5, 5.41) is 7.74. The van der Waals surface area contributed by atoms with Crippen molar-refractivity contribution in [1.29, 1.82) is 0 Å². The average Bonchev–Trinajstić information content (AvgIpc) is 3.13. The van der Waals surface area contributed by atoms with Gasteiger partial charge in [-0.3, -0.25) is 9.89 Å². The number of aromatic nitrogens is 1. The first-order valence-corrected chi connectivity index (χ1v) is 10.9. The van der Waals surface area contributed by atoms with Crippen molar-refractivity contribution in [3.05, 3.63) is 17.5 Å². The van der Waals surface area contributed by atoms with Crippen molar-refractivity contribution in [3.8, 4) is 0 Å². The predicted molar refractivity (Wildman–Crippen MR) is 127 cm³/mol. The first-order valence-electron chi connectivity index (χ1n) is 10.9. The van der Waals surface area contributed by atoms with Crippen LogP contribution in [-0.4, -0.2) is 72.9 Å². The van der Waals surface area contributed by atoms with Crippen molar-refractivity contribution >= 4 is 29.9 Å². The number of aryl methyl sites for hydroxylation is 1. The van der Waals surface area contributed by atoms with Crippen molar-refractivity contribution in [1.82, 2.24) is 20.3 Å². The van der Waals surface area contributed by atoms with Crippen LogP contribution >= 0.6 is 24.0 Å². The zero-order valence-electron chi connectivity index (χ0n) is 18.3. The van der Waals surface area contributed by atoms with Crippen LogP contribution < -0.4 is 5.32 Å². The van der Waals surface area contributed by atoms with Gasteiger partial charge >= 0.3 is 0 Å². The van der Waals surface area contributed by atoms with E-state index in [1.807, 2.05) is 20.0 Å². The third-order valence-corrected chi connectivity index (χ3v) is 5.89. The predicted octanol–water partition coefficient (Wildman–Crippen LogP) is 3.42. The van der Waals surface area contributed by atoms with Crippen LogP contribution in [0.25, 0.3) is 0 Å². The Bertz CT molecular complexity index is 622. The lowest BCUT2D eigenvalue weighted by atomic mass is 9.84. The zero-order valence-corrected chi connectivity index (χ0v) is 20.6. The minimum absolute atomic E-state index is 0. The van der Waals surface area contributed by atoms with Crippen LogP contribution in [0.2, 0.25) is 0 Å². The highest BCUT2D eigenvalue weighted by molar-refractivity contribution is 14.0. The average molecular weight is 519 g/mol. The summed E-state index contributed by atoms with van der Waals surface area (Å²) in [7, 11) is 1.88. The molecular weight excluding hydrogens is 481 g/mol.